The largest absolute Gasteiger partial charge is 0.444 e. The van der Waals surface area contributed by atoms with Gasteiger partial charge in [0.2, 0.25) is 0 Å². The number of carbonyl (C=O) groups excluding carboxylic acids is 1. The lowest BCUT2D eigenvalue weighted by Gasteiger charge is -2.34. The van der Waals surface area contributed by atoms with Crippen LogP contribution in [-0.2, 0) is 11.3 Å². The summed E-state index contributed by atoms with van der Waals surface area (Å²) in [6, 6.07) is 3.57. The fourth-order valence-electron chi connectivity index (χ4n) is 3.60. The van der Waals surface area contributed by atoms with E-state index < -0.39 is 5.60 Å². The molecular formula is C20H26BrN3O3. The Labute approximate surface area is 167 Å². The molecule has 27 heavy (non-hydrogen) atoms. The highest BCUT2D eigenvalue weighted by Crippen LogP contribution is 2.30. The average Bonchev–Trinajstić information content (AvgIpc) is 2.60. The average molecular weight is 436 g/mol. The van der Waals surface area contributed by atoms with Gasteiger partial charge in [0.25, 0.3) is 0 Å². The molecule has 0 saturated carbocycles. The number of likely N-dealkylation sites (tertiary alicyclic amines) is 1. The number of aryl methyl sites for hydroxylation is 1. The number of aromatic nitrogens is 2. The second-order valence-corrected chi connectivity index (χ2v) is 8.86. The molecule has 0 atom stereocenters. The first-order valence-electron chi connectivity index (χ1n) is 9.36. The Morgan fingerprint density at radius 2 is 1.96 bits per heavy atom. The van der Waals surface area contributed by atoms with E-state index in [1.165, 1.54) is 0 Å². The van der Waals surface area contributed by atoms with E-state index in [4.69, 9.17) is 4.74 Å². The summed E-state index contributed by atoms with van der Waals surface area (Å²) in [5, 5.41) is 0.626. The Bertz CT molecular complexity index is 909. The van der Waals surface area contributed by atoms with Crippen LogP contribution in [0.15, 0.2) is 27.6 Å². The number of fused-ring (bicyclic) bond motifs is 1. The molecule has 146 valence electrons. The molecule has 1 aliphatic rings. The number of amides is 1. The minimum atomic E-state index is -0.491. The third-order valence-corrected chi connectivity index (χ3v) is 5.26. The normalized spacial score (nSPS) is 16.0. The van der Waals surface area contributed by atoms with E-state index >= 15 is 0 Å². The highest BCUT2D eigenvalue weighted by molar-refractivity contribution is 9.10. The van der Waals surface area contributed by atoms with Gasteiger partial charge in [-0.2, -0.15) is 0 Å². The Morgan fingerprint density at radius 1 is 1.30 bits per heavy atom. The smallest absolute Gasteiger partial charge is 0.410 e. The van der Waals surface area contributed by atoms with Gasteiger partial charge in [0.1, 0.15) is 11.2 Å². The maximum absolute atomic E-state index is 12.6. The molecule has 2 aromatic rings. The van der Waals surface area contributed by atoms with Crippen molar-refractivity contribution in [3.8, 4) is 0 Å². The van der Waals surface area contributed by atoms with Crippen LogP contribution < -0.4 is 5.43 Å². The van der Waals surface area contributed by atoms with Crippen LogP contribution in [0.3, 0.4) is 0 Å². The second kappa shape index (κ2) is 7.62. The zero-order valence-electron chi connectivity index (χ0n) is 16.3. The summed E-state index contributed by atoms with van der Waals surface area (Å²) in [5.74, 6) is 0.228. The van der Waals surface area contributed by atoms with Crippen molar-refractivity contribution in [1.82, 2.24) is 14.5 Å². The van der Waals surface area contributed by atoms with E-state index in [0.29, 0.717) is 18.5 Å². The molecule has 6 nitrogen and oxygen atoms in total. The summed E-state index contributed by atoms with van der Waals surface area (Å²) < 4.78 is 8.39. The summed E-state index contributed by atoms with van der Waals surface area (Å²) in [4.78, 5) is 31.1. The molecule has 7 heteroatoms. The van der Waals surface area contributed by atoms with Crippen molar-refractivity contribution in [3.05, 3.63) is 38.7 Å². The lowest BCUT2D eigenvalue weighted by molar-refractivity contribution is 0.0203. The maximum atomic E-state index is 12.6. The molecule has 1 aliphatic heterocycles. The van der Waals surface area contributed by atoms with Gasteiger partial charge in [0.05, 0.1) is 5.39 Å². The van der Waals surface area contributed by atoms with E-state index in [0.717, 1.165) is 35.2 Å². The SMILES string of the molecule is CCn1c(C2CCN(C(=O)OC(C)(C)C)CC2)cc(=O)c2cc(Br)cnc21. The summed E-state index contributed by atoms with van der Waals surface area (Å²) >= 11 is 3.39. The standard InChI is InChI=1S/C20H26BrN3O3/c1-5-24-16(11-17(25)15-10-14(21)12-22-18(15)24)13-6-8-23(9-7-13)19(26)27-20(2,3)4/h10-13H,5-9H2,1-4H3. The first kappa shape index (κ1) is 19.9. The Hall–Kier alpha value is -1.89. The predicted molar refractivity (Wildman–Crippen MR) is 109 cm³/mol. The van der Waals surface area contributed by atoms with Crippen molar-refractivity contribution in [2.75, 3.05) is 13.1 Å². The van der Waals surface area contributed by atoms with Gasteiger partial charge in [-0.3, -0.25) is 4.79 Å². The van der Waals surface area contributed by atoms with E-state index in [9.17, 15) is 9.59 Å². The number of pyridine rings is 2. The second-order valence-electron chi connectivity index (χ2n) is 7.94. The number of hydrogen-bond acceptors (Lipinski definition) is 4. The number of nitrogens with zero attached hydrogens (tertiary/aromatic N) is 3. The Balaban J connectivity index is 1.84. The molecule has 1 fully saturated rings. The zero-order chi connectivity index (χ0) is 19.8. The predicted octanol–water partition coefficient (Wildman–Crippen LogP) is 4.29. The molecule has 1 saturated heterocycles. The third-order valence-electron chi connectivity index (χ3n) is 4.83. The summed E-state index contributed by atoms with van der Waals surface area (Å²) in [6.07, 6.45) is 3.07. The third kappa shape index (κ3) is 4.34. The summed E-state index contributed by atoms with van der Waals surface area (Å²) in [6.45, 7) is 9.68. The minimum absolute atomic E-state index is 0.00641. The molecule has 3 rings (SSSR count). The maximum Gasteiger partial charge on any atom is 0.410 e. The van der Waals surface area contributed by atoms with Crippen LogP contribution >= 0.6 is 15.9 Å². The van der Waals surface area contributed by atoms with Crippen LogP contribution in [0.4, 0.5) is 4.79 Å². The summed E-state index contributed by atoms with van der Waals surface area (Å²) in [5.41, 5.74) is 1.23. The number of ether oxygens (including phenoxy) is 1. The fraction of sp³-hybridized carbons (Fsp3) is 0.550. The molecule has 0 aliphatic carbocycles. The van der Waals surface area contributed by atoms with Crippen molar-refractivity contribution in [2.24, 2.45) is 0 Å². The molecule has 0 radical (unpaired) electrons. The van der Waals surface area contributed by atoms with Crippen LogP contribution in [0.2, 0.25) is 0 Å². The molecule has 1 amide bonds. The number of piperidine rings is 1. The van der Waals surface area contributed by atoms with Gasteiger partial charge >= 0.3 is 6.09 Å². The van der Waals surface area contributed by atoms with Gasteiger partial charge < -0.3 is 14.2 Å². The van der Waals surface area contributed by atoms with Gasteiger partial charge in [-0.05, 0) is 62.5 Å². The van der Waals surface area contributed by atoms with E-state index in [1.807, 2.05) is 26.8 Å². The van der Waals surface area contributed by atoms with Crippen molar-refractivity contribution in [2.45, 2.75) is 58.6 Å². The van der Waals surface area contributed by atoms with Gasteiger partial charge in [0, 0.05) is 48.0 Å². The highest BCUT2D eigenvalue weighted by Gasteiger charge is 2.29. The van der Waals surface area contributed by atoms with Crippen molar-refractivity contribution in [1.29, 1.82) is 0 Å². The number of carbonyl (C=O) groups is 1. The molecular weight excluding hydrogens is 410 g/mol. The van der Waals surface area contributed by atoms with E-state index in [-0.39, 0.29) is 17.4 Å². The first-order valence-corrected chi connectivity index (χ1v) is 10.2. The zero-order valence-corrected chi connectivity index (χ0v) is 17.9. The molecule has 0 aromatic carbocycles. The molecule has 2 aromatic heterocycles. The van der Waals surface area contributed by atoms with E-state index in [2.05, 4.69) is 32.4 Å². The van der Waals surface area contributed by atoms with E-state index in [1.54, 1.807) is 17.2 Å². The van der Waals surface area contributed by atoms with Gasteiger partial charge in [-0.15, -0.1) is 0 Å². The van der Waals surface area contributed by atoms with Crippen LogP contribution in [0, 0.1) is 0 Å². The van der Waals surface area contributed by atoms with Crippen molar-refractivity contribution >= 4 is 33.1 Å². The highest BCUT2D eigenvalue weighted by atomic mass is 79.9. The molecule has 0 spiro atoms. The number of rotatable bonds is 2. The molecule has 3 heterocycles. The number of hydrogen-bond donors (Lipinski definition) is 0. The van der Waals surface area contributed by atoms with Crippen LogP contribution in [-0.4, -0.2) is 39.2 Å². The Morgan fingerprint density at radius 3 is 2.56 bits per heavy atom. The lowest BCUT2D eigenvalue weighted by atomic mass is 9.92. The van der Waals surface area contributed by atoms with Crippen LogP contribution in [0.25, 0.3) is 11.0 Å². The van der Waals surface area contributed by atoms with Gasteiger partial charge in [-0.25, -0.2) is 9.78 Å². The van der Waals surface area contributed by atoms with Crippen LogP contribution in [0.5, 0.6) is 0 Å². The fourth-order valence-corrected chi connectivity index (χ4v) is 3.93. The topological polar surface area (TPSA) is 64.4 Å². The summed E-state index contributed by atoms with van der Waals surface area (Å²) in [7, 11) is 0. The molecule has 0 bridgehead atoms. The molecule has 0 N–H and O–H groups in total. The van der Waals surface area contributed by atoms with Crippen molar-refractivity contribution < 1.29 is 9.53 Å². The number of halogens is 1. The van der Waals surface area contributed by atoms with Crippen molar-refractivity contribution in [3.63, 3.8) is 0 Å². The lowest BCUT2D eigenvalue weighted by Crippen LogP contribution is -2.41. The minimum Gasteiger partial charge on any atom is -0.444 e. The van der Waals surface area contributed by atoms with Gasteiger partial charge in [0.15, 0.2) is 5.43 Å². The van der Waals surface area contributed by atoms with Gasteiger partial charge in [-0.1, -0.05) is 0 Å². The quantitative estimate of drug-likeness (QED) is 0.705. The van der Waals surface area contributed by atoms with Crippen LogP contribution in [0.1, 0.15) is 52.1 Å². The Kier molecular flexibility index (Phi) is 5.60. The monoisotopic (exact) mass is 435 g/mol. The molecule has 0 unspecified atom stereocenters. The first-order chi connectivity index (χ1) is 12.7.